The Morgan fingerprint density at radius 3 is 2.87 bits per heavy atom. The SMILES string of the molecule is O=C(NC[C@H]1CCS(=O)(=O)C1)Nc1ccc(-n2cncn2)nc1. The van der Waals surface area contributed by atoms with Crippen LogP contribution in [0, 0.1) is 5.92 Å². The van der Waals surface area contributed by atoms with Crippen molar-refractivity contribution in [2.75, 3.05) is 23.4 Å². The van der Waals surface area contributed by atoms with Crippen LogP contribution in [0.3, 0.4) is 0 Å². The fourth-order valence-corrected chi connectivity index (χ4v) is 4.23. The lowest BCUT2D eigenvalue weighted by atomic mass is 10.1. The molecule has 2 amide bonds. The van der Waals surface area contributed by atoms with Gasteiger partial charge in [0.15, 0.2) is 15.7 Å². The summed E-state index contributed by atoms with van der Waals surface area (Å²) in [5.74, 6) is 0.916. The highest BCUT2D eigenvalue weighted by molar-refractivity contribution is 7.91. The summed E-state index contributed by atoms with van der Waals surface area (Å²) in [6, 6.07) is 3.02. The summed E-state index contributed by atoms with van der Waals surface area (Å²) >= 11 is 0. The first-order valence-corrected chi connectivity index (χ1v) is 8.90. The van der Waals surface area contributed by atoms with Crippen LogP contribution < -0.4 is 10.6 Å². The predicted octanol–water partition coefficient (Wildman–Crippen LogP) is 0.218. The maximum Gasteiger partial charge on any atom is 0.319 e. The third-order valence-electron chi connectivity index (χ3n) is 3.54. The molecule has 2 aromatic rings. The summed E-state index contributed by atoms with van der Waals surface area (Å²) in [4.78, 5) is 19.8. The van der Waals surface area contributed by atoms with Gasteiger partial charge in [-0.2, -0.15) is 5.10 Å². The first-order valence-electron chi connectivity index (χ1n) is 7.08. The van der Waals surface area contributed by atoms with Crippen LogP contribution >= 0.6 is 0 Å². The topological polar surface area (TPSA) is 119 Å². The molecule has 0 aromatic carbocycles. The van der Waals surface area contributed by atoms with E-state index >= 15 is 0 Å². The largest absolute Gasteiger partial charge is 0.338 e. The lowest BCUT2D eigenvalue weighted by molar-refractivity contribution is 0.250. The number of pyridine rings is 1. The molecule has 9 nitrogen and oxygen atoms in total. The minimum absolute atomic E-state index is 0.0152. The second-order valence-electron chi connectivity index (χ2n) is 5.35. The molecular weight excluding hydrogens is 320 g/mol. The second kappa shape index (κ2) is 6.32. The lowest BCUT2D eigenvalue weighted by Crippen LogP contribution is -2.33. The first kappa shape index (κ1) is 15.4. The summed E-state index contributed by atoms with van der Waals surface area (Å²) in [7, 11) is -2.92. The highest BCUT2D eigenvalue weighted by atomic mass is 32.2. The molecule has 1 atom stereocenters. The standard InChI is InChI=1S/C13H16N6O3S/c20-13(16-5-10-3-4-23(21,22)7-10)18-11-1-2-12(15-6-11)19-9-14-8-17-19/h1-2,6,8-10H,3-5,7H2,(H2,16,18,20)/t10-/m1/s1. The summed E-state index contributed by atoms with van der Waals surface area (Å²) < 4.78 is 24.2. The molecule has 1 fully saturated rings. The van der Waals surface area contributed by atoms with E-state index < -0.39 is 9.84 Å². The Bertz CT molecular complexity index is 773. The number of hydrogen-bond donors (Lipinski definition) is 2. The van der Waals surface area contributed by atoms with Crippen LogP contribution in [-0.2, 0) is 9.84 Å². The molecule has 0 unspecified atom stereocenters. The van der Waals surface area contributed by atoms with Gasteiger partial charge in [0.1, 0.15) is 12.7 Å². The second-order valence-corrected chi connectivity index (χ2v) is 7.58. The summed E-state index contributed by atoms with van der Waals surface area (Å²) in [6.45, 7) is 0.343. The number of carbonyl (C=O) groups is 1. The van der Waals surface area contributed by atoms with Gasteiger partial charge in [-0.15, -0.1) is 0 Å². The first-order chi connectivity index (χ1) is 11.0. The van der Waals surface area contributed by atoms with Crippen molar-refractivity contribution in [3.05, 3.63) is 31.0 Å². The molecule has 23 heavy (non-hydrogen) atoms. The number of nitrogens with one attached hydrogen (secondary N) is 2. The average Bonchev–Trinajstić information content (AvgIpc) is 3.15. The Hall–Kier alpha value is -2.49. The van der Waals surface area contributed by atoms with Gasteiger partial charge in [0.2, 0.25) is 0 Å². The van der Waals surface area contributed by atoms with Gasteiger partial charge in [0.25, 0.3) is 0 Å². The van der Waals surface area contributed by atoms with Crippen molar-refractivity contribution < 1.29 is 13.2 Å². The van der Waals surface area contributed by atoms with Crippen molar-refractivity contribution in [1.29, 1.82) is 0 Å². The van der Waals surface area contributed by atoms with Gasteiger partial charge >= 0.3 is 6.03 Å². The van der Waals surface area contributed by atoms with Crippen molar-refractivity contribution in [2.45, 2.75) is 6.42 Å². The number of sulfone groups is 1. The summed E-state index contributed by atoms with van der Waals surface area (Å²) in [5.41, 5.74) is 0.533. The molecule has 2 aromatic heterocycles. The van der Waals surface area contributed by atoms with E-state index in [1.54, 1.807) is 12.1 Å². The highest BCUT2D eigenvalue weighted by Gasteiger charge is 2.27. The summed E-state index contributed by atoms with van der Waals surface area (Å²) in [5, 5.41) is 9.29. The van der Waals surface area contributed by atoms with E-state index in [-0.39, 0.29) is 23.5 Å². The smallest absolute Gasteiger partial charge is 0.319 e. The number of anilines is 1. The molecule has 3 rings (SSSR count). The van der Waals surface area contributed by atoms with E-state index in [0.717, 1.165) is 0 Å². The summed E-state index contributed by atoms with van der Waals surface area (Å²) in [6.07, 6.45) is 5.04. The van der Waals surface area contributed by atoms with Crippen LogP contribution in [0.4, 0.5) is 10.5 Å². The van der Waals surface area contributed by atoms with E-state index in [1.165, 1.54) is 23.5 Å². The van der Waals surface area contributed by atoms with E-state index in [1.807, 2.05) is 0 Å². The van der Waals surface area contributed by atoms with Gasteiger partial charge in [0.05, 0.1) is 23.4 Å². The molecule has 0 bridgehead atoms. The Morgan fingerprint density at radius 2 is 2.26 bits per heavy atom. The zero-order valence-corrected chi connectivity index (χ0v) is 13.0. The van der Waals surface area contributed by atoms with Crippen LogP contribution in [0.5, 0.6) is 0 Å². The van der Waals surface area contributed by atoms with Crippen molar-refractivity contribution in [3.63, 3.8) is 0 Å². The number of rotatable bonds is 4. The quantitative estimate of drug-likeness (QED) is 0.824. The van der Waals surface area contributed by atoms with Gasteiger partial charge in [-0.05, 0) is 24.5 Å². The third kappa shape index (κ3) is 4.03. The van der Waals surface area contributed by atoms with Crippen LogP contribution in [0.15, 0.2) is 31.0 Å². The normalized spacial score (nSPS) is 19.4. The highest BCUT2D eigenvalue weighted by Crippen LogP contribution is 2.17. The fraction of sp³-hybridized carbons (Fsp3) is 0.385. The number of hydrogen-bond acceptors (Lipinski definition) is 6. The van der Waals surface area contributed by atoms with Crippen molar-refractivity contribution in [3.8, 4) is 5.82 Å². The van der Waals surface area contributed by atoms with Crippen LogP contribution in [0.25, 0.3) is 5.82 Å². The number of nitrogens with zero attached hydrogens (tertiary/aromatic N) is 4. The molecular formula is C13H16N6O3S. The van der Waals surface area contributed by atoms with Crippen LogP contribution in [-0.4, -0.2) is 52.2 Å². The molecule has 3 heterocycles. The van der Waals surface area contributed by atoms with Crippen molar-refractivity contribution in [2.24, 2.45) is 5.92 Å². The zero-order chi connectivity index (χ0) is 16.3. The molecule has 10 heteroatoms. The number of aromatic nitrogens is 4. The number of amides is 2. The maximum atomic E-state index is 11.8. The number of urea groups is 1. The zero-order valence-electron chi connectivity index (χ0n) is 12.2. The molecule has 122 valence electrons. The number of carbonyl (C=O) groups excluding carboxylic acids is 1. The Balaban J connectivity index is 1.50. The molecule has 1 aliphatic rings. The minimum atomic E-state index is -2.92. The van der Waals surface area contributed by atoms with Crippen LogP contribution in [0.1, 0.15) is 6.42 Å². The van der Waals surface area contributed by atoms with Crippen molar-refractivity contribution in [1.82, 2.24) is 25.1 Å². The van der Waals surface area contributed by atoms with E-state index in [9.17, 15) is 13.2 Å². The monoisotopic (exact) mass is 336 g/mol. The van der Waals surface area contributed by atoms with Crippen molar-refractivity contribution >= 4 is 21.6 Å². The Morgan fingerprint density at radius 1 is 1.39 bits per heavy atom. The Kier molecular flexibility index (Phi) is 4.24. The third-order valence-corrected chi connectivity index (χ3v) is 5.37. The van der Waals surface area contributed by atoms with Crippen LogP contribution in [0.2, 0.25) is 0 Å². The molecule has 0 saturated carbocycles. The van der Waals surface area contributed by atoms with Gasteiger partial charge in [-0.1, -0.05) is 0 Å². The van der Waals surface area contributed by atoms with Gasteiger partial charge in [-0.25, -0.2) is 27.9 Å². The lowest BCUT2D eigenvalue weighted by Gasteiger charge is -2.11. The predicted molar refractivity (Wildman–Crippen MR) is 82.9 cm³/mol. The average molecular weight is 336 g/mol. The minimum Gasteiger partial charge on any atom is -0.338 e. The van der Waals surface area contributed by atoms with Gasteiger partial charge in [0, 0.05) is 6.54 Å². The van der Waals surface area contributed by atoms with E-state index in [0.29, 0.717) is 24.5 Å². The van der Waals surface area contributed by atoms with Gasteiger partial charge < -0.3 is 10.6 Å². The molecule has 0 aliphatic carbocycles. The molecule has 1 aliphatic heterocycles. The fourth-order valence-electron chi connectivity index (χ4n) is 2.37. The maximum absolute atomic E-state index is 11.8. The molecule has 1 saturated heterocycles. The van der Waals surface area contributed by atoms with E-state index in [4.69, 9.17) is 0 Å². The Labute approximate surface area is 133 Å². The van der Waals surface area contributed by atoms with Gasteiger partial charge in [-0.3, -0.25) is 0 Å². The molecule has 0 spiro atoms. The molecule has 0 radical (unpaired) electrons. The van der Waals surface area contributed by atoms with E-state index in [2.05, 4.69) is 25.7 Å². The molecule has 2 N–H and O–H groups in total.